The Morgan fingerprint density at radius 1 is 0.828 bits per heavy atom. The summed E-state index contributed by atoms with van der Waals surface area (Å²) in [6.07, 6.45) is 4.58. The van der Waals surface area contributed by atoms with Crippen molar-refractivity contribution in [1.29, 1.82) is 0 Å². The number of aliphatic hydroxyl groups is 1. The fourth-order valence-corrected chi connectivity index (χ4v) is 4.39. The lowest BCUT2D eigenvalue weighted by molar-refractivity contribution is 0.279. The maximum Gasteiger partial charge on any atom is 0.0705 e. The predicted molar refractivity (Wildman–Crippen MR) is 125 cm³/mol. The van der Waals surface area contributed by atoms with Crippen LogP contribution in [0.25, 0.3) is 21.9 Å². The Morgan fingerprint density at radius 3 is 2.14 bits per heavy atom. The van der Waals surface area contributed by atoms with Gasteiger partial charge in [0.25, 0.3) is 0 Å². The average molecular weight is 390 g/mol. The van der Waals surface area contributed by atoms with Crippen LogP contribution in [0.3, 0.4) is 0 Å². The van der Waals surface area contributed by atoms with E-state index in [0.717, 1.165) is 24.1 Å². The van der Waals surface area contributed by atoms with Crippen molar-refractivity contribution in [2.45, 2.75) is 78.7 Å². The van der Waals surface area contributed by atoms with Crippen molar-refractivity contribution in [3.63, 3.8) is 0 Å². The van der Waals surface area contributed by atoms with Crippen LogP contribution in [0.5, 0.6) is 0 Å². The van der Waals surface area contributed by atoms with Gasteiger partial charge in [0, 0.05) is 17.0 Å². The maximum atomic E-state index is 10.5. The second-order valence-corrected chi connectivity index (χ2v) is 8.67. The number of nitrogens with zero attached hydrogens (tertiary/aromatic N) is 1. The third kappa shape index (κ3) is 4.38. The van der Waals surface area contributed by atoms with Crippen LogP contribution in [-0.4, -0.2) is 10.1 Å². The van der Waals surface area contributed by atoms with Crippen molar-refractivity contribution in [2.75, 3.05) is 0 Å². The van der Waals surface area contributed by atoms with E-state index in [1.807, 2.05) is 0 Å². The molecule has 2 heteroatoms. The molecule has 3 aromatic rings. The first-order valence-electron chi connectivity index (χ1n) is 11.1. The zero-order chi connectivity index (χ0) is 21.0. The van der Waals surface area contributed by atoms with Gasteiger partial charge in [0.1, 0.15) is 0 Å². The number of rotatable bonds is 8. The number of aromatic nitrogens is 1. The van der Waals surface area contributed by atoms with Gasteiger partial charge in [-0.25, -0.2) is 0 Å². The molecule has 0 saturated heterocycles. The molecule has 0 aliphatic rings. The van der Waals surface area contributed by atoms with Crippen molar-refractivity contribution in [2.24, 2.45) is 0 Å². The quantitative estimate of drug-likeness (QED) is 0.408. The van der Waals surface area contributed by atoms with E-state index in [2.05, 4.69) is 77.1 Å². The van der Waals surface area contributed by atoms with E-state index < -0.39 is 0 Å². The average Bonchev–Trinajstić information content (AvgIpc) is 2.72. The largest absolute Gasteiger partial charge is 0.392 e. The molecule has 154 valence electrons. The van der Waals surface area contributed by atoms with Crippen LogP contribution in [0, 0.1) is 0 Å². The molecule has 0 fully saturated rings. The summed E-state index contributed by atoms with van der Waals surface area (Å²) in [7, 11) is 0. The molecule has 0 amide bonds. The summed E-state index contributed by atoms with van der Waals surface area (Å²) >= 11 is 0. The zero-order valence-electron chi connectivity index (χ0n) is 18.6. The minimum absolute atomic E-state index is 0.0260. The number of hydrogen-bond acceptors (Lipinski definition) is 2. The number of aliphatic hydroxyl groups excluding tert-OH is 1. The highest BCUT2D eigenvalue weighted by atomic mass is 16.3. The van der Waals surface area contributed by atoms with Crippen LogP contribution in [0.4, 0.5) is 0 Å². The molecular weight excluding hydrogens is 354 g/mol. The normalized spacial score (nSPS) is 11.7. The molecule has 0 bridgehead atoms. The van der Waals surface area contributed by atoms with Gasteiger partial charge < -0.3 is 5.11 Å². The van der Waals surface area contributed by atoms with Crippen molar-refractivity contribution < 1.29 is 5.11 Å². The Hall–Kier alpha value is -2.19. The van der Waals surface area contributed by atoms with E-state index in [4.69, 9.17) is 4.98 Å². The third-order valence-electron chi connectivity index (χ3n) is 5.80. The Balaban J connectivity index is 2.40. The van der Waals surface area contributed by atoms with Gasteiger partial charge >= 0.3 is 0 Å². The van der Waals surface area contributed by atoms with E-state index in [-0.39, 0.29) is 12.5 Å². The summed E-state index contributed by atoms with van der Waals surface area (Å²) < 4.78 is 0. The molecular formula is C27H35NO. The van der Waals surface area contributed by atoms with Crippen molar-refractivity contribution in [3.8, 4) is 11.1 Å². The second kappa shape index (κ2) is 9.54. The maximum absolute atomic E-state index is 10.5. The lowest BCUT2D eigenvalue weighted by atomic mass is 9.84. The molecule has 1 aromatic heterocycles. The summed E-state index contributed by atoms with van der Waals surface area (Å²) in [6.45, 7) is 11.1. The molecule has 0 radical (unpaired) electrons. The summed E-state index contributed by atoms with van der Waals surface area (Å²) in [4.78, 5) is 5.13. The number of hydrogen-bond donors (Lipinski definition) is 1. The first kappa shape index (κ1) is 21.5. The second-order valence-electron chi connectivity index (χ2n) is 8.67. The Labute approximate surface area is 176 Å². The Kier molecular flexibility index (Phi) is 7.08. The topological polar surface area (TPSA) is 33.1 Å². The summed E-state index contributed by atoms with van der Waals surface area (Å²) in [5.41, 5.74) is 7.03. The molecule has 0 aliphatic carbocycles. The smallest absolute Gasteiger partial charge is 0.0705 e. The molecule has 2 nitrogen and oxygen atoms in total. The van der Waals surface area contributed by atoms with Crippen molar-refractivity contribution >= 4 is 10.8 Å². The van der Waals surface area contributed by atoms with E-state index in [1.54, 1.807) is 0 Å². The Morgan fingerprint density at radius 2 is 1.48 bits per heavy atom. The van der Waals surface area contributed by atoms with Gasteiger partial charge in [-0.1, -0.05) is 89.9 Å². The van der Waals surface area contributed by atoms with Gasteiger partial charge in [-0.3, -0.25) is 4.98 Å². The standard InChI is InChI=1S/C27H35NO/c1-6-7-8-15-23-25(22-16-11-13-20-12-9-10-14-21(20)22)24(17-29)27(19(4)5)28-26(23)18(2)3/h9-14,16,18-19,29H,6-8,15,17H2,1-5H3. The molecule has 0 aliphatic heterocycles. The highest BCUT2D eigenvalue weighted by Gasteiger charge is 2.24. The van der Waals surface area contributed by atoms with Crippen LogP contribution >= 0.6 is 0 Å². The fraction of sp³-hybridized carbons (Fsp3) is 0.444. The monoisotopic (exact) mass is 389 g/mol. The molecule has 29 heavy (non-hydrogen) atoms. The van der Waals surface area contributed by atoms with Gasteiger partial charge in [0.2, 0.25) is 0 Å². The SMILES string of the molecule is CCCCCc1c(C(C)C)nc(C(C)C)c(CO)c1-c1cccc2ccccc12. The van der Waals surface area contributed by atoms with E-state index in [1.165, 1.54) is 46.0 Å². The van der Waals surface area contributed by atoms with Crippen molar-refractivity contribution in [3.05, 3.63) is 65.0 Å². The number of unbranched alkanes of at least 4 members (excludes halogenated alkanes) is 2. The van der Waals surface area contributed by atoms with E-state index >= 15 is 0 Å². The minimum Gasteiger partial charge on any atom is -0.392 e. The lowest BCUT2D eigenvalue weighted by Gasteiger charge is -2.25. The van der Waals surface area contributed by atoms with Gasteiger partial charge in [-0.05, 0) is 52.1 Å². The lowest BCUT2D eigenvalue weighted by Crippen LogP contribution is -2.12. The minimum atomic E-state index is 0.0260. The number of pyridine rings is 1. The summed E-state index contributed by atoms with van der Waals surface area (Å²) in [5.74, 6) is 0.624. The van der Waals surface area contributed by atoms with Crippen LogP contribution in [0.2, 0.25) is 0 Å². The highest BCUT2D eigenvalue weighted by molar-refractivity contribution is 5.98. The fourth-order valence-electron chi connectivity index (χ4n) is 4.39. The van der Waals surface area contributed by atoms with Gasteiger partial charge in [-0.2, -0.15) is 0 Å². The third-order valence-corrected chi connectivity index (χ3v) is 5.80. The number of fused-ring (bicyclic) bond motifs is 1. The molecule has 1 heterocycles. The summed E-state index contributed by atoms with van der Waals surface area (Å²) in [6, 6.07) is 15.1. The van der Waals surface area contributed by atoms with E-state index in [0.29, 0.717) is 5.92 Å². The van der Waals surface area contributed by atoms with Gasteiger partial charge in [-0.15, -0.1) is 0 Å². The molecule has 1 N–H and O–H groups in total. The molecule has 3 rings (SSSR count). The highest BCUT2D eigenvalue weighted by Crippen LogP contribution is 2.40. The van der Waals surface area contributed by atoms with Crippen molar-refractivity contribution in [1.82, 2.24) is 4.98 Å². The van der Waals surface area contributed by atoms with Crippen LogP contribution in [-0.2, 0) is 13.0 Å². The Bertz CT molecular complexity index is 966. The van der Waals surface area contributed by atoms with E-state index in [9.17, 15) is 5.11 Å². The van der Waals surface area contributed by atoms with Crippen LogP contribution in [0.15, 0.2) is 42.5 Å². The van der Waals surface area contributed by atoms with Crippen LogP contribution < -0.4 is 0 Å². The first-order chi connectivity index (χ1) is 14.0. The van der Waals surface area contributed by atoms with Gasteiger partial charge in [0.05, 0.1) is 6.61 Å². The summed E-state index contributed by atoms with van der Waals surface area (Å²) in [5, 5.41) is 13.0. The zero-order valence-corrected chi connectivity index (χ0v) is 18.6. The molecule has 0 spiro atoms. The molecule has 2 aromatic carbocycles. The van der Waals surface area contributed by atoms with Crippen LogP contribution in [0.1, 0.15) is 88.2 Å². The first-order valence-corrected chi connectivity index (χ1v) is 11.1. The molecule has 0 saturated carbocycles. The number of benzene rings is 2. The molecule has 0 unspecified atom stereocenters. The molecule has 0 atom stereocenters. The predicted octanol–water partition coefficient (Wildman–Crippen LogP) is 7.37. The van der Waals surface area contributed by atoms with Gasteiger partial charge in [0.15, 0.2) is 0 Å².